The molecular weight excluding hydrogens is 511 g/mol. The van der Waals surface area contributed by atoms with Crippen LogP contribution >= 0.6 is 11.9 Å². The number of carbonyl (C=O) groups is 2. The lowest BCUT2D eigenvalue weighted by molar-refractivity contribution is 0.0596. The Bertz CT molecular complexity index is 1250. The summed E-state index contributed by atoms with van der Waals surface area (Å²) < 4.78 is 31.6. The van der Waals surface area contributed by atoms with Gasteiger partial charge in [-0.1, -0.05) is 18.2 Å². The number of ether oxygens (including phenoxy) is 3. The molecule has 0 aromatic heterocycles. The van der Waals surface area contributed by atoms with E-state index in [0.717, 1.165) is 49.9 Å². The normalized spacial score (nSPS) is 20.8. The highest BCUT2D eigenvalue weighted by atomic mass is 32.2. The molecule has 0 radical (unpaired) electrons. The topological polar surface area (TPSA) is 88.5 Å². The number of methoxy groups -OCH3 is 2. The Labute approximate surface area is 225 Å². The molecule has 2 aromatic rings. The average Bonchev–Trinajstić information content (AvgIpc) is 3.73. The van der Waals surface area contributed by atoms with Gasteiger partial charge in [0.05, 0.1) is 32.6 Å². The van der Waals surface area contributed by atoms with E-state index in [9.17, 15) is 19.1 Å². The zero-order chi connectivity index (χ0) is 26.8. The fraction of sp³-hybridized carbons (Fsp3) is 0.429. The van der Waals surface area contributed by atoms with Crippen LogP contribution in [0.3, 0.4) is 0 Å². The molecule has 1 saturated heterocycles. The van der Waals surface area contributed by atoms with Gasteiger partial charge in [-0.2, -0.15) is 0 Å². The van der Waals surface area contributed by atoms with Gasteiger partial charge in [0.15, 0.2) is 0 Å². The Kier molecular flexibility index (Phi) is 7.92. The van der Waals surface area contributed by atoms with Gasteiger partial charge in [-0.3, -0.25) is 4.90 Å². The van der Waals surface area contributed by atoms with Gasteiger partial charge in [-0.15, -0.1) is 0 Å². The summed E-state index contributed by atoms with van der Waals surface area (Å²) in [5.41, 5.74) is 1.96. The summed E-state index contributed by atoms with van der Waals surface area (Å²) in [5, 5.41) is 9.72. The first-order chi connectivity index (χ1) is 18.4. The summed E-state index contributed by atoms with van der Waals surface area (Å²) in [4.78, 5) is 28.8. The number of benzene rings is 2. The SMILES string of the molecule is COC(=O)c1c(N(Sc2ccc(F)cc2/C=C\CN2CCC(O)CC2)C(=O)OC)ccc2c1OC[C@@H]1CC21. The van der Waals surface area contributed by atoms with Crippen LogP contribution in [0, 0.1) is 11.7 Å². The number of anilines is 1. The van der Waals surface area contributed by atoms with E-state index in [1.807, 2.05) is 18.2 Å². The van der Waals surface area contributed by atoms with Crippen LogP contribution < -0.4 is 9.04 Å². The molecule has 2 aromatic carbocycles. The van der Waals surface area contributed by atoms with Crippen LogP contribution in [0.1, 0.15) is 46.7 Å². The molecule has 1 saturated carbocycles. The maximum Gasteiger partial charge on any atom is 0.424 e. The maximum absolute atomic E-state index is 14.2. The molecule has 1 amide bonds. The summed E-state index contributed by atoms with van der Waals surface area (Å²) in [6, 6.07) is 7.92. The molecule has 5 rings (SSSR count). The third-order valence-electron chi connectivity index (χ3n) is 7.26. The van der Waals surface area contributed by atoms with Crippen LogP contribution in [0.4, 0.5) is 14.9 Å². The molecular formula is C28H31FN2O6S. The van der Waals surface area contributed by atoms with E-state index in [1.54, 1.807) is 12.1 Å². The zero-order valence-corrected chi connectivity index (χ0v) is 22.2. The lowest BCUT2D eigenvalue weighted by Crippen LogP contribution is -2.35. The van der Waals surface area contributed by atoms with Gasteiger partial charge in [0, 0.05) is 30.4 Å². The summed E-state index contributed by atoms with van der Waals surface area (Å²) in [7, 11) is 2.55. The molecule has 1 aliphatic carbocycles. The number of fused-ring (bicyclic) bond motifs is 3. The van der Waals surface area contributed by atoms with Crippen LogP contribution in [0.15, 0.2) is 41.3 Å². The number of esters is 1. The van der Waals surface area contributed by atoms with E-state index in [4.69, 9.17) is 14.2 Å². The van der Waals surface area contributed by atoms with Crippen LogP contribution in [-0.4, -0.2) is 68.6 Å². The monoisotopic (exact) mass is 542 g/mol. The van der Waals surface area contributed by atoms with Gasteiger partial charge in [-0.05, 0) is 72.5 Å². The van der Waals surface area contributed by atoms with E-state index >= 15 is 0 Å². The number of amides is 1. The molecule has 0 spiro atoms. The average molecular weight is 543 g/mol. The lowest BCUT2D eigenvalue weighted by atomic mass is 10.00. The molecule has 202 valence electrons. The van der Waals surface area contributed by atoms with Gasteiger partial charge >= 0.3 is 12.1 Å². The number of piperidine rings is 1. The molecule has 2 aliphatic heterocycles. The van der Waals surface area contributed by atoms with Crippen molar-refractivity contribution in [2.75, 3.05) is 44.8 Å². The molecule has 3 aliphatic rings. The highest BCUT2D eigenvalue weighted by Crippen LogP contribution is 2.56. The van der Waals surface area contributed by atoms with Crippen molar-refractivity contribution in [3.8, 4) is 5.75 Å². The minimum Gasteiger partial charge on any atom is -0.492 e. The Hall–Kier alpha value is -3.08. The molecule has 2 fully saturated rings. The van der Waals surface area contributed by atoms with E-state index in [0.29, 0.717) is 41.2 Å². The molecule has 1 N–H and O–H groups in total. The standard InChI is InChI=1S/C28H31FN2O6S/c1-35-27(33)25-23(7-6-21-22-15-18(22)16-37-26(21)25)31(28(34)36-2)38-24-8-5-19(29)14-17(24)4-3-11-30-12-9-20(32)10-13-30/h3-8,14,18,20,22,32H,9-13,15-16H2,1-2H3/b4-3-/t18-,22?/m0/s1. The van der Waals surface area contributed by atoms with Gasteiger partial charge in [-0.25, -0.2) is 18.3 Å². The van der Waals surface area contributed by atoms with Gasteiger partial charge in [0.1, 0.15) is 17.1 Å². The minimum atomic E-state index is -0.702. The van der Waals surface area contributed by atoms with Crippen molar-refractivity contribution in [2.24, 2.45) is 5.92 Å². The van der Waals surface area contributed by atoms with Crippen molar-refractivity contribution in [3.63, 3.8) is 0 Å². The molecule has 2 atom stereocenters. The molecule has 2 heterocycles. The number of hydrogen-bond donors (Lipinski definition) is 1. The Morgan fingerprint density at radius 1 is 1.21 bits per heavy atom. The second-order valence-electron chi connectivity index (χ2n) is 9.75. The first-order valence-corrected chi connectivity index (χ1v) is 13.5. The summed E-state index contributed by atoms with van der Waals surface area (Å²) >= 11 is 1.03. The first-order valence-electron chi connectivity index (χ1n) is 12.7. The van der Waals surface area contributed by atoms with Crippen molar-refractivity contribution in [1.82, 2.24) is 4.90 Å². The number of rotatable bonds is 7. The molecule has 0 bridgehead atoms. The third-order valence-corrected chi connectivity index (χ3v) is 8.36. The number of halogens is 1. The van der Waals surface area contributed by atoms with Crippen molar-refractivity contribution in [2.45, 2.75) is 36.2 Å². The van der Waals surface area contributed by atoms with Gasteiger partial charge in [0.2, 0.25) is 0 Å². The van der Waals surface area contributed by atoms with Crippen LogP contribution in [0.5, 0.6) is 5.75 Å². The number of likely N-dealkylation sites (tertiary alicyclic amines) is 1. The van der Waals surface area contributed by atoms with Crippen molar-refractivity contribution < 1.29 is 33.3 Å². The summed E-state index contributed by atoms with van der Waals surface area (Å²) in [6.45, 7) is 2.76. The van der Waals surface area contributed by atoms with Crippen molar-refractivity contribution in [1.29, 1.82) is 0 Å². The van der Waals surface area contributed by atoms with E-state index in [2.05, 4.69) is 4.90 Å². The Morgan fingerprint density at radius 2 is 2.00 bits per heavy atom. The Morgan fingerprint density at radius 3 is 2.74 bits per heavy atom. The Balaban J connectivity index is 1.46. The predicted octanol–water partition coefficient (Wildman–Crippen LogP) is 4.86. The third kappa shape index (κ3) is 5.52. The number of aliphatic hydroxyl groups excluding tert-OH is 1. The number of hydrogen-bond acceptors (Lipinski definition) is 8. The van der Waals surface area contributed by atoms with Crippen LogP contribution in [0.2, 0.25) is 0 Å². The second-order valence-corrected chi connectivity index (χ2v) is 10.7. The molecule has 10 heteroatoms. The molecule has 8 nitrogen and oxygen atoms in total. The maximum atomic E-state index is 14.2. The fourth-order valence-corrected chi connectivity index (χ4v) is 5.99. The quantitative estimate of drug-likeness (QED) is 0.392. The highest BCUT2D eigenvalue weighted by Gasteiger charge is 2.46. The number of carbonyl (C=O) groups excluding carboxylic acids is 2. The minimum absolute atomic E-state index is 0.166. The van der Waals surface area contributed by atoms with E-state index in [1.165, 1.54) is 30.7 Å². The highest BCUT2D eigenvalue weighted by molar-refractivity contribution is 8.01. The lowest BCUT2D eigenvalue weighted by Gasteiger charge is -2.28. The van der Waals surface area contributed by atoms with Crippen LogP contribution in [-0.2, 0) is 9.47 Å². The second kappa shape index (κ2) is 11.3. The first kappa shape index (κ1) is 26.5. The zero-order valence-electron chi connectivity index (χ0n) is 21.4. The largest absolute Gasteiger partial charge is 0.492 e. The molecule has 1 unspecified atom stereocenters. The number of nitrogens with zero attached hydrogens (tertiary/aromatic N) is 2. The molecule has 38 heavy (non-hydrogen) atoms. The van der Waals surface area contributed by atoms with E-state index < -0.39 is 17.9 Å². The van der Waals surface area contributed by atoms with Gasteiger partial charge < -0.3 is 19.3 Å². The van der Waals surface area contributed by atoms with Gasteiger partial charge in [0.25, 0.3) is 0 Å². The summed E-state index contributed by atoms with van der Waals surface area (Å²) in [5.74, 6) is 0.210. The van der Waals surface area contributed by atoms with E-state index in [-0.39, 0.29) is 17.4 Å². The number of aliphatic hydroxyl groups is 1. The van der Waals surface area contributed by atoms with Crippen molar-refractivity contribution in [3.05, 3.63) is 58.9 Å². The van der Waals surface area contributed by atoms with Crippen molar-refractivity contribution >= 4 is 35.8 Å². The predicted molar refractivity (Wildman–Crippen MR) is 142 cm³/mol. The summed E-state index contributed by atoms with van der Waals surface area (Å²) in [6.07, 6.45) is 5.28. The fourth-order valence-electron chi connectivity index (χ4n) is 5.04. The smallest absolute Gasteiger partial charge is 0.424 e. The van der Waals surface area contributed by atoms with Crippen LogP contribution in [0.25, 0.3) is 6.08 Å².